The van der Waals surface area contributed by atoms with Gasteiger partial charge >= 0.3 is 0 Å². The molecule has 0 bridgehead atoms. The number of hydrogen-bond donors (Lipinski definition) is 1. The van der Waals surface area contributed by atoms with Crippen molar-refractivity contribution in [1.82, 2.24) is 9.88 Å². The predicted octanol–water partition coefficient (Wildman–Crippen LogP) is 4.32. The Kier molecular flexibility index (Phi) is 5.24. The number of aromatic nitrogens is 1. The maximum Gasteiger partial charge on any atom is 0.183 e. The van der Waals surface area contributed by atoms with Crippen LogP contribution in [-0.4, -0.2) is 49.2 Å². The molecule has 4 nitrogen and oxygen atoms in total. The second kappa shape index (κ2) is 7.78. The SMILES string of the molecule is Fc1ccc2nc(NCCN3CCN(c4ccc(Cl)cc4)CC3)sc2c1. The number of fused-ring (bicyclic) bond motifs is 1. The molecule has 0 saturated carbocycles. The summed E-state index contributed by atoms with van der Waals surface area (Å²) in [6, 6.07) is 12.8. The van der Waals surface area contributed by atoms with Gasteiger partial charge in [0.25, 0.3) is 0 Å². The van der Waals surface area contributed by atoms with Crippen molar-refractivity contribution < 1.29 is 4.39 Å². The number of nitrogens with one attached hydrogen (secondary N) is 1. The molecular formula is C19H20ClFN4S. The zero-order valence-corrected chi connectivity index (χ0v) is 15.9. The van der Waals surface area contributed by atoms with Gasteiger partial charge in [0.15, 0.2) is 5.13 Å². The number of rotatable bonds is 5. The molecule has 0 radical (unpaired) electrons. The number of benzene rings is 2. The van der Waals surface area contributed by atoms with Crippen molar-refractivity contribution >= 4 is 44.0 Å². The third-order valence-electron chi connectivity index (χ3n) is 4.62. The van der Waals surface area contributed by atoms with Crippen molar-refractivity contribution in [2.45, 2.75) is 0 Å². The fourth-order valence-corrected chi connectivity index (χ4v) is 4.22. The third-order valence-corrected chi connectivity index (χ3v) is 5.85. The first kappa shape index (κ1) is 17.5. The lowest BCUT2D eigenvalue weighted by atomic mass is 10.2. The summed E-state index contributed by atoms with van der Waals surface area (Å²) in [6.07, 6.45) is 0. The van der Waals surface area contributed by atoms with Crippen LogP contribution < -0.4 is 10.2 Å². The molecule has 1 aliphatic heterocycles. The first-order valence-electron chi connectivity index (χ1n) is 8.70. The number of nitrogens with zero attached hydrogens (tertiary/aromatic N) is 3. The van der Waals surface area contributed by atoms with Gasteiger partial charge in [0.05, 0.1) is 10.2 Å². The van der Waals surface area contributed by atoms with Crippen molar-refractivity contribution in [1.29, 1.82) is 0 Å². The predicted molar refractivity (Wildman–Crippen MR) is 108 cm³/mol. The van der Waals surface area contributed by atoms with E-state index in [9.17, 15) is 4.39 Å². The fraction of sp³-hybridized carbons (Fsp3) is 0.316. The molecule has 1 aliphatic rings. The molecule has 0 unspecified atom stereocenters. The Labute approximate surface area is 161 Å². The minimum absolute atomic E-state index is 0.216. The molecular weight excluding hydrogens is 371 g/mol. The molecule has 3 aromatic rings. The van der Waals surface area contributed by atoms with Gasteiger partial charge in [-0.25, -0.2) is 9.37 Å². The van der Waals surface area contributed by atoms with Crippen molar-refractivity contribution in [2.75, 3.05) is 49.5 Å². The zero-order valence-electron chi connectivity index (χ0n) is 14.3. The molecule has 0 atom stereocenters. The minimum atomic E-state index is -0.216. The summed E-state index contributed by atoms with van der Waals surface area (Å²) in [4.78, 5) is 9.34. The summed E-state index contributed by atoms with van der Waals surface area (Å²) >= 11 is 7.46. The van der Waals surface area contributed by atoms with Crippen LogP contribution in [0.15, 0.2) is 42.5 Å². The highest BCUT2D eigenvalue weighted by molar-refractivity contribution is 7.22. The van der Waals surface area contributed by atoms with Crippen LogP contribution in [0.3, 0.4) is 0 Å². The van der Waals surface area contributed by atoms with Gasteiger partial charge in [-0.3, -0.25) is 4.90 Å². The molecule has 0 spiro atoms. The molecule has 2 heterocycles. The van der Waals surface area contributed by atoms with E-state index in [0.717, 1.165) is 59.6 Å². The maximum absolute atomic E-state index is 13.3. The first-order valence-corrected chi connectivity index (χ1v) is 9.90. The van der Waals surface area contributed by atoms with Gasteiger partial charge in [-0.05, 0) is 42.5 Å². The molecule has 26 heavy (non-hydrogen) atoms. The van der Waals surface area contributed by atoms with Crippen LogP contribution in [-0.2, 0) is 0 Å². The van der Waals surface area contributed by atoms with Crippen molar-refractivity contribution in [3.63, 3.8) is 0 Å². The molecule has 2 aromatic carbocycles. The highest BCUT2D eigenvalue weighted by atomic mass is 35.5. The van der Waals surface area contributed by atoms with Crippen LogP contribution in [0.4, 0.5) is 15.2 Å². The molecule has 7 heteroatoms. The smallest absolute Gasteiger partial charge is 0.183 e. The minimum Gasteiger partial charge on any atom is -0.369 e. The standard InChI is InChI=1S/C19H20ClFN4S/c20-14-1-4-16(5-2-14)25-11-9-24(10-12-25)8-7-22-19-23-17-6-3-15(21)13-18(17)26-19/h1-6,13H,7-12H2,(H,22,23). The van der Waals surface area contributed by atoms with Crippen LogP contribution in [0.5, 0.6) is 0 Å². The van der Waals surface area contributed by atoms with Crippen LogP contribution >= 0.6 is 22.9 Å². The Morgan fingerprint density at radius 2 is 1.85 bits per heavy atom. The Bertz CT molecular complexity index is 875. The molecule has 4 rings (SSSR count). The molecule has 136 valence electrons. The Balaban J connectivity index is 1.25. The summed E-state index contributed by atoms with van der Waals surface area (Å²) in [5.41, 5.74) is 2.07. The number of thiazole rings is 1. The van der Waals surface area contributed by atoms with Crippen LogP contribution in [0.1, 0.15) is 0 Å². The van der Waals surface area contributed by atoms with Crippen LogP contribution in [0, 0.1) is 5.82 Å². The van der Waals surface area contributed by atoms with E-state index in [1.165, 1.54) is 29.2 Å². The van der Waals surface area contributed by atoms with E-state index in [4.69, 9.17) is 11.6 Å². The average molecular weight is 391 g/mol. The second-order valence-electron chi connectivity index (χ2n) is 6.36. The van der Waals surface area contributed by atoms with Gasteiger partial charge in [0, 0.05) is 50.0 Å². The van der Waals surface area contributed by atoms with Crippen molar-refractivity contribution in [2.24, 2.45) is 0 Å². The van der Waals surface area contributed by atoms with Crippen LogP contribution in [0.2, 0.25) is 5.02 Å². The Hall–Kier alpha value is -1.89. The van der Waals surface area contributed by atoms with Gasteiger partial charge in [-0.2, -0.15) is 0 Å². The monoisotopic (exact) mass is 390 g/mol. The van der Waals surface area contributed by atoms with E-state index >= 15 is 0 Å². The molecule has 1 fully saturated rings. The third kappa shape index (κ3) is 4.09. The van der Waals surface area contributed by atoms with E-state index in [0.29, 0.717) is 0 Å². The van der Waals surface area contributed by atoms with E-state index in [2.05, 4.69) is 32.2 Å². The quantitative estimate of drug-likeness (QED) is 0.702. The Morgan fingerprint density at radius 1 is 1.08 bits per heavy atom. The molecule has 1 N–H and O–H groups in total. The number of halogens is 2. The van der Waals surface area contributed by atoms with Gasteiger partial charge in [0.2, 0.25) is 0 Å². The summed E-state index contributed by atoms with van der Waals surface area (Å²) < 4.78 is 14.1. The number of hydrogen-bond acceptors (Lipinski definition) is 5. The maximum atomic E-state index is 13.3. The average Bonchev–Trinajstić information content (AvgIpc) is 3.05. The zero-order chi connectivity index (χ0) is 17.9. The van der Waals surface area contributed by atoms with Crippen molar-refractivity contribution in [3.05, 3.63) is 53.3 Å². The molecule has 1 aromatic heterocycles. The fourth-order valence-electron chi connectivity index (χ4n) is 3.18. The highest BCUT2D eigenvalue weighted by Crippen LogP contribution is 2.26. The number of anilines is 2. The molecule has 1 saturated heterocycles. The van der Waals surface area contributed by atoms with E-state index in [-0.39, 0.29) is 5.82 Å². The summed E-state index contributed by atoms with van der Waals surface area (Å²) in [7, 11) is 0. The summed E-state index contributed by atoms with van der Waals surface area (Å²) in [6.45, 7) is 5.91. The molecule has 0 aliphatic carbocycles. The van der Waals surface area contributed by atoms with E-state index < -0.39 is 0 Å². The van der Waals surface area contributed by atoms with Gasteiger partial charge in [-0.15, -0.1) is 0 Å². The number of piperazine rings is 1. The first-order chi connectivity index (χ1) is 12.7. The lowest BCUT2D eigenvalue weighted by Crippen LogP contribution is -2.47. The van der Waals surface area contributed by atoms with Gasteiger partial charge < -0.3 is 10.2 Å². The van der Waals surface area contributed by atoms with Crippen LogP contribution in [0.25, 0.3) is 10.2 Å². The van der Waals surface area contributed by atoms with Gasteiger partial charge in [-0.1, -0.05) is 22.9 Å². The Morgan fingerprint density at radius 3 is 2.62 bits per heavy atom. The molecule has 0 amide bonds. The lowest BCUT2D eigenvalue weighted by molar-refractivity contribution is 0.267. The van der Waals surface area contributed by atoms with E-state index in [1.807, 2.05) is 12.1 Å². The topological polar surface area (TPSA) is 31.4 Å². The lowest BCUT2D eigenvalue weighted by Gasteiger charge is -2.36. The largest absolute Gasteiger partial charge is 0.369 e. The summed E-state index contributed by atoms with van der Waals surface area (Å²) in [5, 5.41) is 4.99. The van der Waals surface area contributed by atoms with Gasteiger partial charge in [0.1, 0.15) is 5.82 Å². The van der Waals surface area contributed by atoms with Crippen molar-refractivity contribution in [3.8, 4) is 0 Å². The van der Waals surface area contributed by atoms with E-state index in [1.54, 1.807) is 6.07 Å². The normalized spacial score (nSPS) is 15.5. The highest BCUT2D eigenvalue weighted by Gasteiger charge is 2.17. The summed E-state index contributed by atoms with van der Waals surface area (Å²) in [5.74, 6) is -0.216. The second-order valence-corrected chi connectivity index (χ2v) is 7.83.